The van der Waals surface area contributed by atoms with E-state index in [-0.39, 0.29) is 0 Å². The van der Waals surface area contributed by atoms with Gasteiger partial charge in [0, 0.05) is 0 Å². The second-order valence-corrected chi connectivity index (χ2v) is 9.65. The molecule has 0 saturated heterocycles. The third-order valence-electron chi connectivity index (χ3n) is 4.76. The summed E-state index contributed by atoms with van der Waals surface area (Å²) in [4.78, 5) is 20.5. The van der Waals surface area contributed by atoms with Gasteiger partial charge >= 0.3 is 184 Å². The van der Waals surface area contributed by atoms with Crippen LogP contribution in [0, 0.1) is 0 Å². The Balaban J connectivity index is 1.56. The van der Waals surface area contributed by atoms with Crippen molar-refractivity contribution in [3.63, 3.8) is 0 Å². The van der Waals surface area contributed by atoms with Gasteiger partial charge in [0.05, 0.1) is 0 Å². The van der Waals surface area contributed by atoms with Gasteiger partial charge in [0.15, 0.2) is 0 Å². The number of nitrogens with zero attached hydrogens (tertiary/aromatic N) is 3. The van der Waals surface area contributed by atoms with Crippen molar-refractivity contribution in [2.75, 3.05) is 6.61 Å². The summed E-state index contributed by atoms with van der Waals surface area (Å²) in [5.74, 6) is 0.0527. The number of H-pyrrole nitrogens is 1. The number of aromatic amines is 1. The first kappa shape index (κ1) is 19.3. The quantitative estimate of drug-likeness (QED) is 0.367. The molecule has 0 saturated carbocycles. The van der Waals surface area contributed by atoms with Crippen LogP contribution in [0.3, 0.4) is 0 Å². The summed E-state index contributed by atoms with van der Waals surface area (Å²) in [6.07, 6.45) is 1.83. The van der Waals surface area contributed by atoms with Gasteiger partial charge in [-0.25, -0.2) is 0 Å². The van der Waals surface area contributed by atoms with E-state index < -0.39 is 28.3 Å². The van der Waals surface area contributed by atoms with Crippen LogP contribution in [0.15, 0.2) is 72.9 Å². The maximum absolute atomic E-state index is 10.8. The van der Waals surface area contributed by atoms with Crippen LogP contribution in [0.1, 0.15) is 0 Å². The Morgan fingerprint density at radius 3 is 2.84 bits per heavy atom. The Bertz CT molecular complexity index is 1420. The summed E-state index contributed by atoms with van der Waals surface area (Å²) < 4.78 is 7.61. The van der Waals surface area contributed by atoms with E-state index >= 15 is 0 Å². The number of fused-ring (bicyclic) bond motifs is 2. The molecule has 3 aromatic carbocycles. The molecule has 8 heteroatoms. The molecule has 0 aliphatic rings. The summed E-state index contributed by atoms with van der Waals surface area (Å²) in [6.45, 7) is -0.393. The number of carbonyl (C=O) groups is 1. The van der Waals surface area contributed by atoms with Crippen molar-refractivity contribution >= 4 is 52.4 Å². The van der Waals surface area contributed by atoms with E-state index in [0.29, 0.717) is 11.6 Å². The van der Waals surface area contributed by atoms with Crippen molar-refractivity contribution in [2.24, 2.45) is 0 Å². The third kappa shape index (κ3) is 4.13. The van der Waals surface area contributed by atoms with Crippen molar-refractivity contribution in [3.8, 4) is 17.1 Å². The molecule has 2 aromatic heterocycles. The Hall–Kier alpha value is -3.70. The van der Waals surface area contributed by atoms with Gasteiger partial charge in [-0.15, -0.1) is 0 Å². The number of para-hydroxylation sites is 1. The molecule has 0 aliphatic heterocycles. The van der Waals surface area contributed by atoms with Crippen LogP contribution in [-0.4, -0.2) is 53.6 Å². The predicted octanol–water partition coefficient (Wildman–Crippen LogP) is 2.02. The minimum atomic E-state index is -1.02. The fourth-order valence-electron chi connectivity index (χ4n) is 3.33. The van der Waals surface area contributed by atoms with Gasteiger partial charge < -0.3 is 0 Å². The second kappa shape index (κ2) is 8.20. The van der Waals surface area contributed by atoms with Crippen LogP contribution in [0.5, 0.6) is 5.75 Å². The number of carboxylic acids is 1. The number of carboxylic acid groups (broad SMARTS) is 1. The van der Waals surface area contributed by atoms with Gasteiger partial charge in [-0.05, 0) is 0 Å². The molecular formula is C23H17AsN4O3. The second-order valence-electron chi connectivity index (χ2n) is 6.92. The van der Waals surface area contributed by atoms with Crippen LogP contribution in [0.4, 0.5) is 0 Å². The van der Waals surface area contributed by atoms with Crippen LogP contribution in [0.2, 0.25) is 0 Å². The Morgan fingerprint density at radius 2 is 1.94 bits per heavy atom. The van der Waals surface area contributed by atoms with Crippen LogP contribution >= 0.6 is 0 Å². The number of hydrogen-bond donors (Lipinski definition) is 2. The first-order valence-electron chi connectivity index (χ1n) is 9.58. The molecule has 2 N–H and O–H groups in total. The van der Waals surface area contributed by atoms with E-state index in [2.05, 4.69) is 34.5 Å². The molecular weight excluding hydrogens is 455 g/mol. The van der Waals surface area contributed by atoms with Crippen molar-refractivity contribution in [3.05, 3.63) is 72.9 Å². The van der Waals surface area contributed by atoms with Crippen molar-refractivity contribution in [2.45, 2.75) is 0 Å². The number of benzene rings is 3. The van der Waals surface area contributed by atoms with Gasteiger partial charge in [-0.2, -0.15) is 0 Å². The van der Waals surface area contributed by atoms with Gasteiger partial charge in [-0.1, -0.05) is 0 Å². The van der Waals surface area contributed by atoms with Crippen molar-refractivity contribution in [1.82, 2.24) is 20.2 Å². The monoisotopic (exact) mass is 472 g/mol. The zero-order valence-corrected chi connectivity index (χ0v) is 18.3. The number of aromatic nitrogens is 4. The molecule has 5 rings (SSSR count). The molecule has 1 unspecified atom stereocenters. The average Bonchev–Trinajstić information content (AvgIpc) is 3.26. The van der Waals surface area contributed by atoms with E-state index in [1.165, 1.54) is 4.35 Å². The summed E-state index contributed by atoms with van der Waals surface area (Å²) in [5, 5.41) is 18.1. The fourth-order valence-corrected chi connectivity index (χ4v) is 5.79. The first-order chi connectivity index (χ1) is 15.2. The molecule has 2 heterocycles. The summed E-state index contributed by atoms with van der Waals surface area (Å²) in [7, 11) is 0. The summed E-state index contributed by atoms with van der Waals surface area (Å²) in [6, 6.07) is 21.6. The van der Waals surface area contributed by atoms with E-state index in [4.69, 9.17) is 19.8 Å². The predicted molar refractivity (Wildman–Crippen MR) is 121 cm³/mol. The molecule has 0 radical (unpaired) electrons. The Morgan fingerprint density at radius 1 is 1.03 bits per heavy atom. The van der Waals surface area contributed by atoms with E-state index in [1.807, 2.05) is 36.5 Å². The molecule has 0 aliphatic carbocycles. The molecule has 0 spiro atoms. The molecule has 0 amide bonds. The summed E-state index contributed by atoms with van der Waals surface area (Å²) in [5.41, 5.74) is 2.68. The molecule has 0 fully saturated rings. The van der Waals surface area contributed by atoms with Gasteiger partial charge in [-0.3, -0.25) is 0 Å². The molecule has 152 valence electrons. The Labute approximate surface area is 183 Å². The van der Waals surface area contributed by atoms with E-state index in [1.54, 1.807) is 12.1 Å². The Kier molecular flexibility index (Phi) is 5.10. The maximum atomic E-state index is 10.8. The zero-order chi connectivity index (χ0) is 21.2. The molecule has 0 bridgehead atoms. The molecule has 31 heavy (non-hydrogen) atoms. The van der Waals surface area contributed by atoms with Crippen LogP contribution < -0.4 is 13.6 Å². The number of ether oxygens (including phenoxy) is 1. The fraction of sp³-hybridized carbons (Fsp3) is 0.0435. The first-order valence-corrected chi connectivity index (χ1v) is 11.7. The number of aliphatic carboxylic acids is 1. The van der Waals surface area contributed by atoms with Gasteiger partial charge in [0.1, 0.15) is 0 Å². The topological polar surface area (TPSA) is 101 Å². The van der Waals surface area contributed by atoms with Gasteiger partial charge in [0.25, 0.3) is 0 Å². The SMILES string of the molecule is O=C(O)COc1cccc(-c2nc([AsH]c3ccc4[nH]ncc4c3)c3ccccc3n2)c1. The van der Waals surface area contributed by atoms with Crippen LogP contribution in [0.25, 0.3) is 33.2 Å². The normalized spacial score (nSPS) is 11.5. The third-order valence-corrected chi connectivity index (χ3v) is 7.32. The standard InChI is InChI=1S/C23H17AsN4O3/c29-21(30)13-31-17-5-3-4-14(11-17)23-26-20-7-2-1-6-18(20)22(27-23)24-16-8-9-19-15(10-16)12-25-28-19/h1-12,24H,13H2,(H,25,28)(H,29,30). The van der Waals surface area contributed by atoms with E-state index in [9.17, 15) is 4.79 Å². The molecule has 1 atom stereocenters. The van der Waals surface area contributed by atoms with E-state index in [0.717, 1.165) is 31.9 Å². The average molecular weight is 472 g/mol. The molecule has 7 nitrogen and oxygen atoms in total. The minimum absolute atomic E-state index is 0.393. The number of rotatable bonds is 6. The number of nitrogens with one attached hydrogen (secondary N) is 1. The zero-order valence-electron chi connectivity index (χ0n) is 16.2. The van der Waals surface area contributed by atoms with Crippen molar-refractivity contribution in [1.29, 1.82) is 0 Å². The number of hydrogen-bond acceptors (Lipinski definition) is 5. The van der Waals surface area contributed by atoms with Crippen LogP contribution in [-0.2, 0) is 4.79 Å². The van der Waals surface area contributed by atoms with Crippen molar-refractivity contribution < 1.29 is 14.6 Å². The van der Waals surface area contributed by atoms with Gasteiger partial charge in [0.2, 0.25) is 0 Å². The summed E-state index contributed by atoms with van der Waals surface area (Å²) >= 11 is -0.728. The molecule has 5 aromatic rings.